The number of likely N-dealkylation sites (tertiary alicyclic amines) is 1. The molecule has 0 spiro atoms. The molecule has 0 radical (unpaired) electrons. The first kappa shape index (κ1) is 14.3. The predicted molar refractivity (Wildman–Crippen MR) is 78.9 cm³/mol. The third-order valence-electron chi connectivity index (χ3n) is 4.26. The van der Waals surface area contributed by atoms with E-state index in [0.29, 0.717) is 6.04 Å². The fourth-order valence-electron chi connectivity index (χ4n) is 3.02. The highest BCUT2D eigenvalue weighted by Gasteiger charge is 2.27. The van der Waals surface area contributed by atoms with Crippen LogP contribution < -0.4 is 0 Å². The Labute approximate surface area is 125 Å². The molecule has 0 N–H and O–H groups in total. The van der Waals surface area contributed by atoms with Gasteiger partial charge in [-0.05, 0) is 47.1 Å². The lowest BCUT2D eigenvalue weighted by molar-refractivity contribution is 0.198. The molecule has 21 heavy (non-hydrogen) atoms. The molecule has 0 saturated carbocycles. The van der Waals surface area contributed by atoms with E-state index < -0.39 is 0 Å². The van der Waals surface area contributed by atoms with Crippen molar-refractivity contribution in [3.63, 3.8) is 0 Å². The highest BCUT2D eigenvalue weighted by molar-refractivity contribution is 5.05. The molecule has 0 aromatic carbocycles. The van der Waals surface area contributed by atoms with E-state index in [4.69, 9.17) is 4.42 Å². The van der Waals surface area contributed by atoms with Crippen LogP contribution in [0.5, 0.6) is 0 Å². The minimum atomic E-state index is 0.484. The minimum Gasteiger partial charge on any atom is -0.444 e. The van der Waals surface area contributed by atoms with Crippen LogP contribution in [0.15, 0.2) is 4.42 Å². The van der Waals surface area contributed by atoms with Crippen molar-refractivity contribution in [1.29, 1.82) is 0 Å². The van der Waals surface area contributed by atoms with Gasteiger partial charge in [0.15, 0.2) is 0 Å². The van der Waals surface area contributed by atoms with Gasteiger partial charge in [0, 0.05) is 6.04 Å². The first-order chi connectivity index (χ1) is 10.0. The van der Waals surface area contributed by atoms with Crippen molar-refractivity contribution in [1.82, 2.24) is 24.6 Å². The number of aryl methyl sites for hydroxylation is 4. The number of rotatable bonds is 4. The summed E-state index contributed by atoms with van der Waals surface area (Å²) in [5.74, 6) is 3.57. The standard InChI is InChI=1S/C15H23N5O/c1-10-11(2)21-15(16-10)9-19-7-5-6-14(19)8-20-13(4)17-12(3)18-20/h14H,5-9H2,1-4H3/t14-/m0/s1. The lowest BCUT2D eigenvalue weighted by Gasteiger charge is -2.23. The van der Waals surface area contributed by atoms with E-state index in [1.165, 1.54) is 12.8 Å². The monoisotopic (exact) mass is 289 g/mol. The first-order valence-electron chi connectivity index (χ1n) is 7.58. The van der Waals surface area contributed by atoms with Crippen LogP contribution in [0, 0.1) is 27.7 Å². The third kappa shape index (κ3) is 3.00. The maximum absolute atomic E-state index is 5.72. The fourth-order valence-corrected chi connectivity index (χ4v) is 3.02. The Hall–Kier alpha value is -1.69. The van der Waals surface area contributed by atoms with Crippen LogP contribution in [0.4, 0.5) is 0 Å². The molecule has 0 bridgehead atoms. The maximum Gasteiger partial charge on any atom is 0.208 e. The molecule has 114 valence electrons. The summed E-state index contributed by atoms with van der Waals surface area (Å²) in [5.41, 5.74) is 0.989. The predicted octanol–water partition coefficient (Wildman–Crippen LogP) is 2.16. The van der Waals surface area contributed by atoms with Gasteiger partial charge in [-0.3, -0.25) is 4.90 Å². The summed E-state index contributed by atoms with van der Waals surface area (Å²) in [6.07, 6.45) is 2.41. The number of hydrogen-bond acceptors (Lipinski definition) is 5. The van der Waals surface area contributed by atoms with Crippen LogP contribution in [-0.4, -0.2) is 37.2 Å². The summed E-state index contributed by atoms with van der Waals surface area (Å²) in [7, 11) is 0. The molecule has 3 heterocycles. The lowest BCUT2D eigenvalue weighted by atomic mass is 10.2. The van der Waals surface area contributed by atoms with E-state index >= 15 is 0 Å². The van der Waals surface area contributed by atoms with Gasteiger partial charge in [0.2, 0.25) is 5.89 Å². The Kier molecular flexibility index (Phi) is 3.80. The van der Waals surface area contributed by atoms with Crippen LogP contribution in [0.3, 0.4) is 0 Å². The normalized spacial score (nSPS) is 19.5. The smallest absolute Gasteiger partial charge is 0.208 e. The highest BCUT2D eigenvalue weighted by atomic mass is 16.4. The second kappa shape index (κ2) is 5.60. The van der Waals surface area contributed by atoms with Gasteiger partial charge in [-0.1, -0.05) is 0 Å². The third-order valence-corrected chi connectivity index (χ3v) is 4.26. The number of hydrogen-bond donors (Lipinski definition) is 0. The zero-order valence-electron chi connectivity index (χ0n) is 13.3. The molecule has 6 heteroatoms. The molecule has 1 aliphatic rings. The van der Waals surface area contributed by atoms with Crippen molar-refractivity contribution in [2.45, 2.75) is 59.7 Å². The molecule has 0 unspecified atom stereocenters. The second-order valence-corrected chi connectivity index (χ2v) is 5.90. The Bertz CT molecular complexity index is 611. The largest absolute Gasteiger partial charge is 0.444 e. The van der Waals surface area contributed by atoms with Crippen LogP contribution in [0.25, 0.3) is 0 Å². The lowest BCUT2D eigenvalue weighted by Crippen LogP contribution is -2.33. The van der Waals surface area contributed by atoms with Gasteiger partial charge in [-0.2, -0.15) is 5.10 Å². The van der Waals surface area contributed by atoms with Crippen molar-refractivity contribution in [3.05, 3.63) is 29.0 Å². The molecule has 2 aromatic rings. The average Bonchev–Trinajstić information content (AvgIpc) is 3.05. The summed E-state index contributed by atoms with van der Waals surface area (Å²) in [5, 5.41) is 4.47. The van der Waals surface area contributed by atoms with E-state index in [1.807, 2.05) is 32.4 Å². The number of oxazole rings is 1. The van der Waals surface area contributed by atoms with Gasteiger partial charge >= 0.3 is 0 Å². The summed E-state index contributed by atoms with van der Waals surface area (Å²) in [6.45, 7) is 10.7. The summed E-state index contributed by atoms with van der Waals surface area (Å²) < 4.78 is 7.73. The van der Waals surface area contributed by atoms with Crippen molar-refractivity contribution < 1.29 is 4.42 Å². The average molecular weight is 289 g/mol. The van der Waals surface area contributed by atoms with E-state index in [2.05, 4.69) is 20.0 Å². The fraction of sp³-hybridized carbons (Fsp3) is 0.667. The van der Waals surface area contributed by atoms with E-state index in [9.17, 15) is 0 Å². The topological polar surface area (TPSA) is 60.0 Å². The molecule has 3 rings (SSSR count). The van der Waals surface area contributed by atoms with Crippen LogP contribution in [0.2, 0.25) is 0 Å². The maximum atomic E-state index is 5.72. The van der Waals surface area contributed by atoms with Crippen molar-refractivity contribution >= 4 is 0 Å². The van der Waals surface area contributed by atoms with Crippen molar-refractivity contribution in [3.8, 4) is 0 Å². The highest BCUT2D eigenvalue weighted by Crippen LogP contribution is 2.22. The molecule has 2 aromatic heterocycles. The van der Waals surface area contributed by atoms with Gasteiger partial charge in [0.05, 0.1) is 18.8 Å². The van der Waals surface area contributed by atoms with Gasteiger partial charge < -0.3 is 4.42 Å². The minimum absolute atomic E-state index is 0.484. The van der Waals surface area contributed by atoms with E-state index in [0.717, 1.165) is 48.6 Å². The van der Waals surface area contributed by atoms with Crippen LogP contribution in [0.1, 0.15) is 41.8 Å². The summed E-state index contributed by atoms with van der Waals surface area (Å²) >= 11 is 0. The van der Waals surface area contributed by atoms with Crippen molar-refractivity contribution in [2.75, 3.05) is 6.54 Å². The SMILES string of the molecule is Cc1nc(C)n(C[C@@H]2CCCN2Cc2nc(C)c(C)o2)n1. The first-order valence-corrected chi connectivity index (χ1v) is 7.58. The summed E-state index contributed by atoms with van der Waals surface area (Å²) in [4.78, 5) is 11.3. The Morgan fingerprint density at radius 1 is 1.19 bits per heavy atom. The molecule has 1 fully saturated rings. The van der Waals surface area contributed by atoms with Crippen LogP contribution >= 0.6 is 0 Å². The quantitative estimate of drug-likeness (QED) is 0.863. The Balaban J connectivity index is 1.69. The van der Waals surface area contributed by atoms with Crippen molar-refractivity contribution in [2.24, 2.45) is 0 Å². The molecule has 0 aliphatic carbocycles. The summed E-state index contributed by atoms with van der Waals surface area (Å²) in [6, 6.07) is 0.484. The molecule has 0 amide bonds. The second-order valence-electron chi connectivity index (χ2n) is 5.90. The van der Waals surface area contributed by atoms with Gasteiger partial charge in [-0.25, -0.2) is 14.6 Å². The van der Waals surface area contributed by atoms with Gasteiger partial charge in [-0.15, -0.1) is 0 Å². The number of aromatic nitrogens is 4. The van der Waals surface area contributed by atoms with Gasteiger partial charge in [0.25, 0.3) is 0 Å². The zero-order valence-corrected chi connectivity index (χ0v) is 13.3. The zero-order chi connectivity index (χ0) is 15.0. The van der Waals surface area contributed by atoms with Crippen LogP contribution in [-0.2, 0) is 13.1 Å². The molecule has 6 nitrogen and oxygen atoms in total. The molecule has 1 atom stereocenters. The van der Waals surface area contributed by atoms with E-state index in [1.54, 1.807) is 0 Å². The van der Waals surface area contributed by atoms with E-state index in [-0.39, 0.29) is 0 Å². The molecular formula is C15H23N5O. The molecule has 1 saturated heterocycles. The van der Waals surface area contributed by atoms with Gasteiger partial charge in [0.1, 0.15) is 17.4 Å². The Morgan fingerprint density at radius 3 is 2.62 bits per heavy atom. The number of nitrogens with zero attached hydrogens (tertiary/aromatic N) is 5. The Morgan fingerprint density at radius 2 is 2.00 bits per heavy atom. The molecule has 1 aliphatic heterocycles. The molecular weight excluding hydrogens is 266 g/mol.